The second-order valence-corrected chi connectivity index (χ2v) is 6.65. The monoisotopic (exact) mass is 371 g/mol. The highest BCUT2D eigenvalue weighted by atomic mass is 79.9. The molecule has 116 valence electrons. The highest BCUT2D eigenvalue weighted by Crippen LogP contribution is 2.17. The molecule has 1 aromatic carbocycles. The summed E-state index contributed by atoms with van der Waals surface area (Å²) in [6, 6.07) is 8.14. The number of piperazine rings is 1. The van der Waals surface area contributed by atoms with Crippen molar-refractivity contribution >= 4 is 33.1 Å². The van der Waals surface area contributed by atoms with Crippen LogP contribution in [0.4, 0.5) is 0 Å². The van der Waals surface area contributed by atoms with E-state index in [9.17, 15) is 0 Å². The maximum atomic E-state index is 5.78. The van der Waals surface area contributed by atoms with Crippen molar-refractivity contribution in [3.63, 3.8) is 0 Å². The third kappa shape index (κ3) is 5.21. The standard InChI is InChI=1S/C15H22BrN3OS/c1-12(15(17)21)19-7-5-18(6-8-19)9-10-20-14-4-2-3-13(16)11-14/h2-4,11-12H,5-10H2,1H3,(H2,17,21). The molecule has 1 aliphatic rings. The second kappa shape index (κ2) is 8.08. The van der Waals surface area contributed by atoms with Crippen LogP contribution < -0.4 is 10.5 Å². The maximum Gasteiger partial charge on any atom is 0.120 e. The normalized spacial score (nSPS) is 18.4. The van der Waals surface area contributed by atoms with Crippen molar-refractivity contribution in [3.8, 4) is 5.75 Å². The van der Waals surface area contributed by atoms with Gasteiger partial charge in [0.2, 0.25) is 0 Å². The Morgan fingerprint density at radius 2 is 2.10 bits per heavy atom. The zero-order valence-corrected chi connectivity index (χ0v) is 14.7. The molecule has 0 aromatic heterocycles. The SMILES string of the molecule is CC(C(N)=S)N1CCN(CCOc2cccc(Br)c2)CC1. The van der Waals surface area contributed by atoms with Gasteiger partial charge < -0.3 is 10.5 Å². The summed E-state index contributed by atoms with van der Waals surface area (Å²) in [5, 5.41) is 0. The van der Waals surface area contributed by atoms with E-state index < -0.39 is 0 Å². The molecule has 21 heavy (non-hydrogen) atoms. The smallest absolute Gasteiger partial charge is 0.120 e. The summed E-state index contributed by atoms with van der Waals surface area (Å²) in [5.41, 5.74) is 5.71. The van der Waals surface area contributed by atoms with Crippen LogP contribution in [0.3, 0.4) is 0 Å². The Labute approximate surface area is 140 Å². The van der Waals surface area contributed by atoms with E-state index in [-0.39, 0.29) is 6.04 Å². The molecule has 0 radical (unpaired) electrons. The molecule has 0 bridgehead atoms. The number of ether oxygens (including phenoxy) is 1. The molecule has 2 rings (SSSR count). The Balaban J connectivity index is 1.68. The van der Waals surface area contributed by atoms with Crippen molar-refractivity contribution in [2.45, 2.75) is 13.0 Å². The molecule has 1 aromatic rings. The molecule has 1 fully saturated rings. The van der Waals surface area contributed by atoms with Crippen molar-refractivity contribution in [1.29, 1.82) is 0 Å². The number of rotatable bonds is 6. The topological polar surface area (TPSA) is 41.7 Å². The van der Waals surface area contributed by atoms with Crippen molar-refractivity contribution in [3.05, 3.63) is 28.7 Å². The van der Waals surface area contributed by atoms with E-state index in [4.69, 9.17) is 22.7 Å². The van der Waals surface area contributed by atoms with Gasteiger partial charge in [0.1, 0.15) is 12.4 Å². The number of hydrogen-bond acceptors (Lipinski definition) is 4. The number of halogens is 1. The lowest BCUT2D eigenvalue weighted by atomic mass is 10.2. The van der Waals surface area contributed by atoms with Gasteiger partial charge in [0.15, 0.2) is 0 Å². The van der Waals surface area contributed by atoms with Gasteiger partial charge in [-0.05, 0) is 25.1 Å². The average molecular weight is 372 g/mol. The number of thiocarbonyl (C=S) groups is 1. The summed E-state index contributed by atoms with van der Waals surface area (Å²) >= 11 is 8.51. The van der Waals surface area contributed by atoms with Gasteiger partial charge in [0.05, 0.1) is 11.0 Å². The molecule has 6 heteroatoms. The largest absolute Gasteiger partial charge is 0.492 e. The van der Waals surface area contributed by atoms with Crippen LogP contribution in [0.15, 0.2) is 28.7 Å². The molecule has 1 saturated heterocycles. The molecule has 2 N–H and O–H groups in total. The minimum Gasteiger partial charge on any atom is -0.492 e. The zero-order chi connectivity index (χ0) is 15.2. The minimum absolute atomic E-state index is 0.195. The Bertz CT molecular complexity index is 478. The number of hydrogen-bond donors (Lipinski definition) is 1. The summed E-state index contributed by atoms with van der Waals surface area (Å²) in [7, 11) is 0. The third-order valence-electron chi connectivity index (χ3n) is 3.84. The lowest BCUT2D eigenvalue weighted by molar-refractivity contribution is 0.109. The molecule has 1 aliphatic heterocycles. The molecule has 1 atom stereocenters. The van der Waals surface area contributed by atoms with Crippen LogP contribution in [0.2, 0.25) is 0 Å². The van der Waals surface area contributed by atoms with Crippen LogP contribution in [0.5, 0.6) is 5.75 Å². The predicted octanol–water partition coefficient (Wildman–Crippen LogP) is 2.12. The molecule has 1 unspecified atom stereocenters. The van der Waals surface area contributed by atoms with Crippen molar-refractivity contribution in [1.82, 2.24) is 9.80 Å². The van der Waals surface area contributed by atoms with Crippen LogP contribution in [-0.2, 0) is 0 Å². The second-order valence-electron chi connectivity index (χ2n) is 5.26. The van der Waals surface area contributed by atoms with Crippen LogP contribution in [0.1, 0.15) is 6.92 Å². The van der Waals surface area contributed by atoms with Gasteiger partial charge in [-0.25, -0.2) is 0 Å². The van der Waals surface area contributed by atoms with Gasteiger partial charge >= 0.3 is 0 Å². The lowest BCUT2D eigenvalue weighted by Crippen LogP contribution is -2.53. The summed E-state index contributed by atoms with van der Waals surface area (Å²) in [6.07, 6.45) is 0. The van der Waals surface area contributed by atoms with E-state index in [1.165, 1.54) is 0 Å². The van der Waals surface area contributed by atoms with Crippen LogP contribution >= 0.6 is 28.1 Å². The molecular formula is C15H22BrN3OS. The van der Waals surface area contributed by atoms with E-state index in [0.29, 0.717) is 11.6 Å². The predicted molar refractivity (Wildman–Crippen MR) is 93.9 cm³/mol. The first-order chi connectivity index (χ1) is 10.1. The number of nitrogens with two attached hydrogens (primary N) is 1. The molecule has 4 nitrogen and oxygen atoms in total. The van der Waals surface area contributed by atoms with Crippen molar-refractivity contribution in [2.75, 3.05) is 39.3 Å². The van der Waals surface area contributed by atoms with Gasteiger partial charge in [-0.1, -0.05) is 34.2 Å². The summed E-state index contributed by atoms with van der Waals surface area (Å²) in [6.45, 7) is 7.83. The van der Waals surface area contributed by atoms with Gasteiger partial charge in [-0.2, -0.15) is 0 Å². The summed E-state index contributed by atoms with van der Waals surface area (Å²) in [5.74, 6) is 0.908. The minimum atomic E-state index is 0.195. The van der Waals surface area contributed by atoms with E-state index in [1.54, 1.807) is 0 Å². The fourth-order valence-corrected chi connectivity index (χ4v) is 2.93. The Hall–Kier alpha value is -0.690. The highest BCUT2D eigenvalue weighted by molar-refractivity contribution is 9.10. The molecule has 0 amide bonds. The fourth-order valence-electron chi connectivity index (χ4n) is 2.40. The first kappa shape index (κ1) is 16.7. The molecular weight excluding hydrogens is 350 g/mol. The van der Waals surface area contributed by atoms with Crippen molar-refractivity contribution in [2.24, 2.45) is 5.73 Å². The fraction of sp³-hybridized carbons (Fsp3) is 0.533. The van der Waals surface area contributed by atoms with Crippen LogP contribution in [0, 0.1) is 0 Å². The maximum absolute atomic E-state index is 5.78. The van der Waals surface area contributed by atoms with E-state index in [0.717, 1.165) is 42.9 Å². The lowest BCUT2D eigenvalue weighted by Gasteiger charge is -2.37. The first-order valence-electron chi connectivity index (χ1n) is 7.20. The molecule has 0 saturated carbocycles. The van der Waals surface area contributed by atoms with Gasteiger partial charge in [0, 0.05) is 37.2 Å². The quantitative estimate of drug-likeness (QED) is 0.775. The highest BCUT2D eigenvalue weighted by Gasteiger charge is 2.22. The zero-order valence-electron chi connectivity index (χ0n) is 12.3. The number of nitrogens with zero attached hydrogens (tertiary/aromatic N) is 2. The van der Waals surface area contributed by atoms with Crippen LogP contribution in [-0.4, -0.2) is 60.2 Å². The number of benzene rings is 1. The van der Waals surface area contributed by atoms with Gasteiger partial charge in [-0.3, -0.25) is 9.80 Å². The van der Waals surface area contributed by atoms with E-state index in [2.05, 4.69) is 32.7 Å². The van der Waals surface area contributed by atoms with Crippen molar-refractivity contribution < 1.29 is 4.74 Å². The van der Waals surface area contributed by atoms with Crippen LogP contribution in [0.25, 0.3) is 0 Å². The van der Waals surface area contributed by atoms with Gasteiger partial charge in [0.25, 0.3) is 0 Å². The average Bonchev–Trinajstić information content (AvgIpc) is 2.47. The molecule has 1 heterocycles. The summed E-state index contributed by atoms with van der Waals surface area (Å²) in [4.78, 5) is 5.34. The Kier molecular flexibility index (Phi) is 6.41. The summed E-state index contributed by atoms with van der Waals surface area (Å²) < 4.78 is 6.82. The van der Waals surface area contributed by atoms with E-state index in [1.807, 2.05) is 24.3 Å². The first-order valence-corrected chi connectivity index (χ1v) is 8.40. The third-order valence-corrected chi connectivity index (χ3v) is 4.67. The van der Waals surface area contributed by atoms with E-state index >= 15 is 0 Å². The Morgan fingerprint density at radius 3 is 2.71 bits per heavy atom. The Morgan fingerprint density at radius 1 is 1.38 bits per heavy atom. The molecule has 0 aliphatic carbocycles. The molecule has 0 spiro atoms. The van der Waals surface area contributed by atoms with Gasteiger partial charge in [-0.15, -0.1) is 0 Å².